The highest BCUT2D eigenvalue weighted by Gasteiger charge is 2.23. The molecule has 18 heavy (non-hydrogen) atoms. The fourth-order valence-corrected chi connectivity index (χ4v) is 1.54. The molecule has 0 fully saturated rings. The lowest BCUT2D eigenvalue weighted by Gasteiger charge is -2.21. The minimum Gasteiger partial charge on any atom is -0.467 e. The number of hydrogen-bond acceptors (Lipinski definition) is 5. The van der Waals surface area contributed by atoms with Crippen molar-refractivity contribution in [3.05, 3.63) is 23.8 Å². The molecule has 96 valence electrons. The highest BCUT2D eigenvalue weighted by molar-refractivity contribution is 5.81. The molecule has 0 spiro atoms. The van der Waals surface area contributed by atoms with Gasteiger partial charge in [0, 0.05) is 0 Å². The Morgan fingerprint density at radius 2 is 2.17 bits per heavy atom. The fraction of sp³-hybridized carbons (Fsp3) is 0.385. The van der Waals surface area contributed by atoms with Gasteiger partial charge in [0.15, 0.2) is 0 Å². The topological polar surface area (TPSA) is 88.1 Å². The van der Waals surface area contributed by atoms with Crippen LogP contribution in [0.3, 0.4) is 0 Å². The summed E-state index contributed by atoms with van der Waals surface area (Å²) >= 11 is 0. The minimum absolute atomic E-state index is 0.0441. The minimum atomic E-state index is -0.494. The van der Waals surface area contributed by atoms with E-state index < -0.39 is 6.04 Å². The average molecular weight is 247 g/mol. The van der Waals surface area contributed by atoms with Crippen LogP contribution in [0.25, 0.3) is 0 Å². The van der Waals surface area contributed by atoms with E-state index >= 15 is 0 Å². The Morgan fingerprint density at radius 1 is 1.50 bits per heavy atom. The summed E-state index contributed by atoms with van der Waals surface area (Å²) in [7, 11) is 1.34. The normalized spacial score (nSPS) is 11.7. The van der Waals surface area contributed by atoms with Crippen LogP contribution >= 0.6 is 0 Å². The zero-order chi connectivity index (χ0) is 13.7. The van der Waals surface area contributed by atoms with Crippen LogP contribution in [-0.2, 0) is 9.53 Å². The van der Waals surface area contributed by atoms with Crippen LogP contribution < -0.4 is 11.1 Å². The first-order valence-corrected chi connectivity index (χ1v) is 5.63. The molecule has 0 amide bonds. The third-order valence-corrected chi connectivity index (χ3v) is 2.62. The van der Waals surface area contributed by atoms with Gasteiger partial charge in [0.2, 0.25) is 0 Å². The summed E-state index contributed by atoms with van der Waals surface area (Å²) in [5.74, 6) is -0.311. The number of nitriles is 1. The number of anilines is 2. The summed E-state index contributed by atoms with van der Waals surface area (Å²) in [6.45, 7) is 3.80. The molecular weight excluding hydrogens is 230 g/mol. The number of esters is 1. The Kier molecular flexibility index (Phi) is 4.55. The van der Waals surface area contributed by atoms with Gasteiger partial charge < -0.3 is 15.8 Å². The lowest BCUT2D eigenvalue weighted by atomic mass is 10.0. The van der Waals surface area contributed by atoms with Gasteiger partial charge in [-0.15, -0.1) is 0 Å². The van der Waals surface area contributed by atoms with Crippen LogP contribution in [0.2, 0.25) is 0 Å². The maximum absolute atomic E-state index is 11.6. The standard InChI is InChI=1S/C13H17N3O2/c1-8(2)12(13(17)18-3)16-11-6-9(7-14)4-5-10(11)15/h4-6,8,12,16H,15H2,1-3H3. The molecule has 1 aromatic rings. The van der Waals surface area contributed by atoms with Gasteiger partial charge >= 0.3 is 5.97 Å². The van der Waals surface area contributed by atoms with E-state index in [1.54, 1.807) is 18.2 Å². The SMILES string of the molecule is COC(=O)C(Nc1cc(C#N)ccc1N)C(C)C. The maximum Gasteiger partial charge on any atom is 0.328 e. The summed E-state index contributed by atoms with van der Waals surface area (Å²) in [5.41, 5.74) is 7.35. The number of nitrogen functional groups attached to an aromatic ring is 1. The van der Waals surface area contributed by atoms with Crippen molar-refractivity contribution >= 4 is 17.3 Å². The van der Waals surface area contributed by atoms with Crippen molar-refractivity contribution in [2.75, 3.05) is 18.2 Å². The highest BCUT2D eigenvalue weighted by Crippen LogP contribution is 2.22. The Morgan fingerprint density at radius 3 is 2.67 bits per heavy atom. The van der Waals surface area contributed by atoms with Crippen molar-refractivity contribution < 1.29 is 9.53 Å². The molecule has 0 aromatic heterocycles. The van der Waals surface area contributed by atoms with Crippen LogP contribution in [0.5, 0.6) is 0 Å². The molecule has 1 rings (SSSR count). The smallest absolute Gasteiger partial charge is 0.328 e. The number of nitrogens with one attached hydrogen (secondary N) is 1. The first-order valence-electron chi connectivity index (χ1n) is 5.63. The van der Waals surface area contributed by atoms with E-state index in [0.29, 0.717) is 16.9 Å². The van der Waals surface area contributed by atoms with Gasteiger partial charge in [0.05, 0.1) is 30.1 Å². The van der Waals surface area contributed by atoms with E-state index in [2.05, 4.69) is 5.32 Å². The van der Waals surface area contributed by atoms with E-state index in [0.717, 1.165) is 0 Å². The number of carbonyl (C=O) groups is 1. The van der Waals surface area contributed by atoms with Gasteiger partial charge in [-0.3, -0.25) is 0 Å². The van der Waals surface area contributed by atoms with Crippen LogP contribution in [-0.4, -0.2) is 19.1 Å². The Bertz CT molecular complexity index is 478. The Hall–Kier alpha value is -2.22. The van der Waals surface area contributed by atoms with Crippen LogP contribution in [0, 0.1) is 17.2 Å². The Labute approximate surface area is 107 Å². The van der Waals surface area contributed by atoms with Gasteiger partial charge in [-0.25, -0.2) is 4.79 Å². The number of nitrogens with zero attached hydrogens (tertiary/aromatic N) is 1. The summed E-state index contributed by atoms with van der Waals surface area (Å²) in [5, 5.41) is 11.9. The van der Waals surface area contributed by atoms with Crippen molar-refractivity contribution in [2.24, 2.45) is 5.92 Å². The van der Waals surface area contributed by atoms with Crippen molar-refractivity contribution in [2.45, 2.75) is 19.9 Å². The third kappa shape index (κ3) is 3.14. The van der Waals surface area contributed by atoms with Gasteiger partial charge in [-0.2, -0.15) is 5.26 Å². The van der Waals surface area contributed by atoms with Crippen LogP contribution in [0.4, 0.5) is 11.4 Å². The van der Waals surface area contributed by atoms with Crippen molar-refractivity contribution in [3.63, 3.8) is 0 Å². The number of nitrogens with two attached hydrogens (primary N) is 1. The second kappa shape index (κ2) is 5.92. The first-order chi connectivity index (χ1) is 8.49. The molecule has 0 aliphatic carbocycles. The lowest BCUT2D eigenvalue weighted by molar-refractivity contribution is -0.142. The van der Waals surface area contributed by atoms with Gasteiger partial charge in [-0.1, -0.05) is 13.8 Å². The molecule has 1 aromatic carbocycles. The molecule has 0 radical (unpaired) electrons. The van der Waals surface area contributed by atoms with E-state index in [4.69, 9.17) is 15.7 Å². The molecular formula is C13H17N3O2. The molecule has 0 heterocycles. The van der Waals surface area contributed by atoms with E-state index in [-0.39, 0.29) is 11.9 Å². The third-order valence-electron chi connectivity index (χ3n) is 2.62. The molecule has 0 aliphatic rings. The average Bonchev–Trinajstić information content (AvgIpc) is 2.36. The largest absolute Gasteiger partial charge is 0.467 e. The Balaban J connectivity index is 3.01. The molecule has 0 aliphatic heterocycles. The number of ether oxygens (including phenoxy) is 1. The summed E-state index contributed by atoms with van der Waals surface area (Å²) in [6, 6.07) is 6.42. The fourth-order valence-electron chi connectivity index (χ4n) is 1.54. The zero-order valence-electron chi connectivity index (χ0n) is 10.7. The van der Waals surface area contributed by atoms with Crippen LogP contribution in [0.1, 0.15) is 19.4 Å². The summed E-state index contributed by atoms with van der Waals surface area (Å²) < 4.78 is 4.74. The highest BCUT2D eigenvalue weighted by atomic mass is 16.5. The molecule has 3 N–H and O–H groups in total. The van der Waals surface area contributed by atoms with E-state index in [9.17, 15) is 4.79 Å². The van der Waals surface area contributed by atoms with E-state index in [1.165, 1.54) is 7.11 Å². The molecule has 5 nitrogen and oxygen atoms in total. The monoisotopic (exact) mass is 247 g/mol. The summed E-state index contributed by atoms with van der Waals surface area (Å²) in [4.78, 5) is 11.6. The summed E-state index contributed by atoms with van der Waals surface area (Å²) in [6.07, 6.45) is 0. The molecule has 5 heteroatoms. The molecule has 0 bridgehead atoms. The molecule has 0 saturated carbocycles. The number of methoxy groups -OCH3 is 1. The molecule has 1 unspecified atom stereocenters. The predicted molar refractivity (Wildman–Crippen MR) is 69.8 cm³/mol. The number of carbonyl (C=O) groups excluding carboxylic acids is 1. The zero-order valence-corrected chi connectivity index (χ0v) is 10.7. The molecule has 0 saturated heterocycles. The van der Waals surface area contributed by atoms with Crippen molar-refractivity contribution in [1.29, 1.82) is 5.26 Å². The quantitative estimate of drug-likeness (QED) is 0.625. The van der Waals surface area contributed by atoms with Gasteiger partial charge in [0.1, 0.15) is 6.04 Å². The predicted octanol–water partition coefficient (Wildman–Crippen LogP) is 1.75. The number of rotatable bonds is 4. The first kappa shape index (κ1) is 13.8. The molecule has 1 atom stereocenters. The second-order valence-electron chi connectivity index (χ2n) is 4.30. The lowest BCUT2D eigenvalue weighted by Crippen LogP contribution is -2.35. The van der Waals surface area contributed by atoms with Crippen molar-refractivity contribution in [3.8, 4) is 6.07 Å². The van der Waals surface area contributed by atoms with E-state index in [1.807, 2.05) is 19.9 Å². The van der Waals surface area contributed by atoms with Gasteiger partial charge in [0.25, 0.3) is 0 Å². The number of benzene rings is 1. The maximum atomic E-state index is 11.6. The van der Waals surface area contributed by atoms with Crippen molar-refractivity contribution in [1.82, 2.24) is 0 Å². The van der Waals surface area contributed by atoms with Gasteiger partial charge in [-0.05, 0) is 24.1 Å². The number of hydrogen-bond donors (Lipinski definition) is 2. The van der Waals surface area contributed by atoms with Crippen LogP contribution in [0.15, 0.2) is 18.2 Å². The second-order valence-corrected chi connectivity index (χ2v) is 4.30.